The van der Waals surface area contributed by atoms with Gasteiger partial charge in [-0.05, 0) is 58.1 Å². The number of ether oxygens (including phenoxy) is 3. The average molecular weight is 321 g/mol. The molecular weight excluding hydrogens is 294 g/mol. The lowest BCUT2D eigenvalue weighted by atomic mass is 10.0. The highest BCUT2D eigenvalue weighted by Crippen LogP contribution is 2.28. The van der Waals surface area contributed by atoms with E-state index in [1.165, 1.54) is 0 Å². The van der Waals surface area contributed by atoms with Gasteiger partial charge >= 0.3 is 5.97 Å². The first kappa shape index (κ1) is 17.6. The molecule has 5 heteroatoms. The van der Waals surface area contributed by atoms with Gasteiger partial charge in [-0.1, -0.05) is 12.1 Å². The molecule has 1 aromatic carbocycles. The predicted molar refractivity (Wildman–Crippen MR) is 89.5 cm³/mol. The number of hydrogen-bond donors (Lipinski definition) is 1. The van der Waals surface area contributed by atoms with E-state index in [1.54, 1.807) is 6.07 Å². The summed E-state index contributed by atoms with van der Waals surface area (Å²) in [4.78, 5) is 11.7. The first-order chi connectivity index (χ1) is 10.8. The minimum Gasteiger partial charge on any atom is -0.480 e. The summed E-state index contributed by atoms with van der Waals surface area (Å²) in [6.07, 6.45) is 4.40. The van der Waals surface area contributed by atoms with Crippen LogP contribution in [0.25, 0.3) is 0 Å². The van der Waals surface area contributed by atoms with Crippen molar-refractivity contribution in [3.05, 3.63) is 23.8 Å². The fourth-order valence-electron chi connectivity index (χ4n) is 2.63. The van der Waals surface area contributed by atoms with E-state index in [1.807, 2.05) is 32.9 Å². The van der Waals surface area contributed by atoms with Gasteiger partial charge in [-0.15, -0.1) is 0 Å². The van der Waals surface area contributed by atoms with Crippen molar-refractivity contribution in [3.63, 3.8) is 0 Å². The quantitative estimate of drug-likeness (QED) is 0.644. The third-order valence-electron chi connectivity index (χ3n) is 3.68. The maximum atomic E-state index is 11.7. The van der Waals surface area contributed by atoms with Gasteiger partial charge in [0.05, 0.1) is 11.8 Å². The van der Waals surface area contributed by atoms with Crippen LogP contribution < -0.4 is 10.5 Å². The van der Waals surface area contributed by atoms with Gasteiger partial charge in [-0.2, -0.15) is 0 Å². The molecule has 1 aliphatic heterocycles. The Morgan fingerprint density at radius 3 is 2.83 bits per heavy atom. The Kier molecular flexibility index (Phi) is 5.88. The molecule has 128 valence electrons. The number of aryl methyl sites for hydroxylation is 1. The summed E-state index contributed by atoms with van der Waals surface area (Å²) in [7, 11) is 0. The van der Waals surface area contributed by atoms with Crippen molar-refractivity contribution < 1.29 is 19.0 Å². The van der Waals surface area contributed by atoms with Gasteiger partial charge in [0, 0.05) is 6.61 Å². The minimum atomic E-state index is -0.519. The second kappa shape index (κ2) is 7.68. The van der Waals surface area contributed by atoms with E-state index < -0.39 is 11.6 Å². The zero-order valence-electron chi connectivity index (χ0n) is 14.3. The number of nitrogen functional groups attached to an aromatic ring is 1. The van der Waals surface area contributed by atoms with Crippen molar-refractivity contribution in [2.24, 2.45) is 0 Å². The van der Waals surface area contributed by atoms with E-state index in [-0.39, 0.29) is 6.61 Å². The Labute approximate surface area is 138 Å². The Morgan fingerprint density at radius 1 is 1.39 bits per heavy atom. The number of anilines is 1. The van der Waals surface area contributed by atoms with E-state index in [9.17, 15) is 4.79 Å². The lowest BCUT2D eigenvalue weighted by Crippen LogP contribution is -2.27. The normalized spacial score (nSPS) is 18.0. The molecule has 2 rings (SSSR count). The van der Waals surface area contributed by atoms with Gasteiger partial charge < -0.3 is 19.9 Å². The molecule has 0 radical (unpaired) electrons. The van der Waals surface area contributed by atoms with Crippen molar-refractivity contribution in [2.75, 3.05) is 18.9 Å². The lowest BCUT2D eigenvalue weighted by molar-refractivity contribution is -0.157. The van der Waals surface area contributed by atoms with Gasteiger partial charge in [0.1, 0.15) is 11.4 Å². The van der Waals surface area contributed by atoms with Crippen LogP contribution in [0, 0.1) is 0 Å². The smallest absolute Gasteiger partial charge is 0.344 e. The number of nitrogens with two attached hydrogens (primary N) is 1. The zero-order valence-corrected chi connectivity index (χ0v) is 14.3. The molecule has 0 saturated carbocycles. The molecular formula is C18H27NO4. The number of carbonyl (C=O) groups excluding carboxylic acids is 1. The Hall–Kier alpha value is -1.75. The molecule has 23 heavy (non-hydrogen) atoms. The maximum Gasteiger partial charge on any atom is 0.344 e. The Bertz CT molecular complexity index is 530. The summed E-state index contributed by atoms with van der Waals surface area (Å²) >= 11 is 0. The van der Waals surface area contributed by atoms with E-state index in [2.05, 4.69) is 0 Å². The van der Waals surface area contributed by atoms with Crippen molar-refractivity contribution in [1.29, 1.82) is 0 Å². The molecule has 5 nitrogen and oxygen atoms in total. The monoisotopic (exact) mass is 321 g/mol. The number of benzene rings is 1. The van der Waals surface area contributed by atoms with Gasteiger partial charge in [0.15, 0.2) is 6.61 Å². The molecule has 1 heterocycles. The van der Waals surface area contributed by atoms with Crippen molar-refractivity contribution in [3.8, 4) is 5.75 Å². The van der Waals surface area contributed by atoms with Gasteiger partial charge in [0.25, 0.3) is 0 Å². The molecule has 0 unspecified atom stereocenters. The zero-order chi connectivity index (χ0) is 16.9. The Balaban J connectivity index is 1.89. The van der Waals surface area contributed by atoms with Crippen LogP contribution in [0.4, 0.5) is 5.69 Å². The van der Waals surface area contributed by atoms with Crippen LogP contribution in [0.2, 0.25) is 0 Å². The summed E-state index contributed by atoms with van der Waals surface area (Å²) in [5.41, 5.74) is 7.27. The molecule has 0 aromatic heterocycles. The van der Waals surface area contributed by atoms with Crippen LogP contribution in [-0.2, 0) is 20.7 Å². The highest BCUT2D eigenvalue weighted by atomic mass is 16.6. The van der Waals surface area contributed by atoms with Crippen molar-refractivity contribution in [2.45, 2.75) is 58.2 Å². The highest BCUT2D eigenvalue weighted by molar-refractivity contribution is 5.72. The largest absolute Gasteiger partial charge is 0.480 e. The second-order valence-corrected chi connectivity index (χ2v) is 6.88. The number of hydrogen-bond acceptors (Lipinski definition) is 5. The van der Waals surface area contributed by atoms with E-state index in [0.717, 1.165) is 37.9 Å². The van der Waals surface area contributed by atoms with Crippen LogP contribution in [0.5, 0.6) is 5.75 Å². The predicted octanol–water partition coefficient (Wildman–Crippen LogP) is 3.10. The molecule has 1 fully saturated rings. The lowest BCUT2D eigenvalue weighted by Gasteiger charge is -2.20. The van der Waals surface area contributed by atoms with Crippen LogP contribution in [0.3, 0.4) is 0 Å². The molecule has 1 saturated heterocycles. The van der Waals surface area contributed by atoms with Crippen LogP contribution >= 0.6 is 0 Å². The number of carbonyl (C=O) groups is 1. The Morgan fingerprint density at radius 2 is 2.17 bits per heavy atom. The maximum absolute atomic E-state index is 11.7. The van der Waals surface area contributed by atoms with Gasteiger partial charge in [-0.25, -0.2) is 4.79 Å². The topological polar surface area (TPSA) is 70.8 Å². The van der Waals surface area contributed by atoms with Crippen molar-refractivity contribution >= 4 is 11.7 Å². The standard InChI is InChI=1S/C18H27NO4/c1-18(2,3)23-16(20)12-22-15-8-4-6-13(17(15)19)9-10-14-7-5-11-21-14/h4,6,8,14H,5,7,9-12,19H2,1-3H3/t14-/m0/s1. The van der Waals surface area contributed by atoms with Crippen LogP contribution in [-0.4, -0.2) is 30.9 Å². The molecule has 0 bridgehead atoms. The summed E-state index contributed by atoms with van der Waals surface area (Å²) < 4.78 is 16.4. The summed E-state index contributed by atoms with van der Waals surface area (Å²) in [5.74, 6) is 0.127. The molecule has 1 aliphatic rings. The fourth-order valence-corrected chi connectivity index (χ4v) is 2.63. The molecule has 0 amide bonds. The first-order valence-corrected chi connectivity index (χ1v) is 8.19. The minimum absolute atomic E-state index is 0.142. The number of esters is 1. The SMILES string of the molecule is CC(C)(C)OC(=O)COc1cccc(CC[C@@H]2CCCO2)c1N. The van der Waals surface area contributed by atoms with Crippen LogP contribution in [0.1, 0.15) is 45.6 Å². The molecule has 0 aliphatic carbocycles. The fraction of sp³-hybridized carbons (Fsp3) is 0.611. The van der Waals surface area contributed by atoms with E-state index in [4.69, 9.17) is 19.9 Å². The van der Waals surface area contributed by atoms with Crippen molar-refractivity contribution in [1.82, 2.24) is 0 Å². The van der Waals surface area contributed by atoms with Gasteiger partial charge in [-0.3, -0.25) is 0 Å². The number of para-hydroxylation sites is 1. The van der Waals surface area contributed by atoms with Gasteiger partial charge in [0.2, 0.25) is 0 Å². The highest BCUT2D eigenvalue weighted by Gasteiger charge is 2.18. The molecule has 1 aromatic rings. The average Bonchev–Trinajstić information content (AvgIpc) is 2.96. The summed E-state index contributed by atoms with van der Waals surface area (Å²) in [5, 5.41) is 0. The third-order valence-corrected chi connectivity index (χ3v) is 3.68. The summed E-state index contributed by atoms with van der Waals surface area (Å²) in [6, 6.07) is 5.66. The molecule has 1 atom stereocenters. The molecule has 0 spiro atoms. The first-order valence-electron chi connectivity index (χ1n) is 8.19. The summed E-state index contributed by atoms with van der Waals surface area (Å²) in [6.45, 7) is 6.19. The number of rotatable bonds is 6. The second-order valence-electron chi connectivity index (χ2n) is 6.88. The molecule has 2 N–H and O–H groups in total. The third kappa shape index (κ3) is 5.75. The van der Waals surface area contributed by atoms with E-state index in [0.29, 0.717) is 17.5 Å². The van der Waals surface area contributed by atoms with Crippen LogP contribution in [0.15, 0.2) is 18.2 Å². The van der Waals surface area contributed by atoms with E-state index >= 15 is 0 Å².